The molecule has 1 aliphatic rings. The lowest BCUT2D eigenvalue weighted by molar-refractivity contribution is 0.204. The maximum Gasteiger partial charge on any atom is 0.439 e. The molecule has 0 radical (unpaired) electrons. The van der Waals surface area contributed by atoms with E-state index in [1.54, 1.807) is 10.6 Å². The number of fused-ring (bicyclic) bond motifs is 1. The molecule has 0 spiro atoms. The number of H-pyrrole nitrogens is 1. The maximum atomic E-state index is 16.9. The van der Waals surface area contributed by atoms with E-state index in [1.807, 2.05) is 6.08 Å². The van der Waals surface area contributed by atoms with Crippen LogP contribution in [0.2, 0.25) is 5.02 Å². The number of hydrogen-bond acceptors (Lipinski definition) is 7. The first-order chi connectivity index (χ1) is 20.2. The lowest BCUT2D eigenvalue weighted by Crippen LogP contribution is -2.28. The number of hydrogen-bond donors (Lipinski definition) is 1. The first kappa shape index (κ1) is 27.8. The van der Waals surface area contributed by atoms with Crippen molar-refractivity contribution in [3.8, 4) is 22.9 Å². The van der Waals surface area contributed by atoms with E-state index in [9.17, 15) is 4.79 Å². The van der Waals surface area contributed by atoms with Gasteiger partial charge >= 0.3 is 5.76 Å². The highest BCUT2D eigenvalue weighted by Gasteiger charge is 2.41. The van der Waals surface area contributed by atoms with Crippen molar-refractivity contribution in [2.75, 3.05) is 0 Å². The number of benzene rings is 1. The van der Waals surface area contributed by atoms with E-state index in [-0.39, 0.29) is 41.3 Å². The fraction of sp³-hybridized carbons (Fsp3) is 0.310. The molecule has 13 heteroatoms. The van der Waals surface area contributed by atoms with Gasteiger partial charge in [-0.05, 0) is 62.6 Å². The van der Waals surface area contributed by atoms with Crippen molar-refractivity contribution in [1.82, 2.24) is 34.6 Å². The Balaban J connectivity index is 1.63. The van der Waals surface area contributed by atoms with E-state index in [1.165, 1.54) is 18.5 Å². The quantitative estimate of drug-likeness (QED) is 0.217. The third-order valence-electron chi connectivity index (χ3n) is 7.75. The minimum absolute atomic E-state index is 0.0224. The van der Waals surface area contributed by atoms with Gasteiger partial charge in [-0.3, -0.25) is 14.5 Å². The van der Waals surface area contributed by atoms with Crippen LogP contribution in [0.3, 0.4) is 0 Å². The monoisotopic (exact) mass is 595 g/mol. The Bertz CT molecular complexity index is 1840. The average molecular weight is 596 g/mol. The summed E-state index contributed by atoms with van der Waals surface area (Å²) >= 11 is 6.27. The second kappa shape index (κ2) is 10.8. The molecular formula is C29H25ClF3N7O2. The largest absolute Gasteiger partial charge is 0.439 e. The van der Waals surface area contributed by atoms with Crippen LogP contribution >= 0.6 is 11.6 Å². The number of nitrogens with one attached hydrogen (secondary N) is 1. The van der Waals surface area contributed by atoms with Crippen LogP contribution in [-0.2, 0) is 12.2 Å². The number of pyridine rings is 1. The Morgan fingerprint density at radius 3 is 2.55 bits per heavy atom. The number of imidazole rings is 1. The zero-order valence-electron chi connectivity index (χ0n) is 22.5. The van der Waals surface area contributed by atoms with Crippen molar-refractivity contribution in [3.63, 3.8) is 0 Å². The van der Waals surface area contributed by atoms with Crippen molar-refractivity contribution >= 4 is 22.8 Å². The molecule has 216 valence electrons. The summed E-state index contributed by atoms with van der Waals surface area (Å²) in [7, 11) is 0. The predicted molar refractivity (Wildman–Crippen MR) is 149 cm³/mol. The SMILES string of the molecule is C=CC1CCC(Cn2c(C(C)(F)c3c(F)cccc3F)nc3nc(-c4noc(=O)[nH]4)nc(-c4cncc(Cl)c4)c32)CC1. The van der Waals surface area contributed by atoms with Crippen LogP contribution in [0.5, 0.6) is 0 Å². The number of rotatable bonds is 7. The van der Waals surface area contributed by atoms with E-state index in [4.69, 9.17) is 11.6 Å². The van der Waals surface area contributed by atoms with Gasteiger partial charge in [0.25, 0.3) is 0 Å². The maximum absolute atomic E-state index is 16.9. The van der Waals surface area contributed by atoms with Crippen LogP contribution in [0.15, 0.2) is 58.6 Å². The smallest absolute Gasteiger partial charge is 0.322 e. The molecule has 1 aliphatic carbocycles. The van der Waals surface area contributed by atoms with Crippen LogP contribution in [0, 0.1) is 23.5 Å². The fourth-order valence-corrected chi connectivity index (χ4v) is 5.84. The van der Waals surface area contributed by atoms with Crippen LogP contribution in [0.25, 0.3) is 34.1 Å². The molecule has 0 bridgehead atoms. The molecule has 0 saturated heterocycles. The standard InChI is InChI=1S/C29H25ClF3N7O2/c1-3-15-7-9-16(10-8-15)14-40-23-22(17-11-18(30)13-34-12-17)35-25(26-38-28(41)42-39-26)36-24(23)37-27(40)29(2,33)21-19(31)5-4-6-20(21)32/h3-6,11-13,15-16H,1,7-10,14H2,2H3,(H,38,39,41). The summed E-state index contributed by atoms with van der Waals surface area (Å²) in [5.74, 6) is -2.81. The van der Waals surface area contributed by atoms with Crippen molar-refractivity contribution in [2.24, 2.45) is 11.8 Å². The Kier molecular flexibility index (Phi) is 7.17. The number of allylic oxidation sites excluding steroid dienone is 1. The van der Waals surface area contributed by atoms with Gasteiger partial charge in [-0.2, -0.15) is 0 Å². The van der Waals surface area contributed by atoms with E-state index in [0.717, 1.165) is 44.7 Å². The Morgan fingerprint density at radius 2 is 1.90 bits per heavy atom. The molecule has 1 saturated carbocycles. The normalized spacial score (nSPS) is 18.7. The molecule has 1 fully saturated rings. The molecule has 1 unspecified atom stereocenters. The summed E-state index contributed by atoms with van der Waals surface area (Å²) in [6.07, 6.45) is 8.40. The van der Waals surface area contributed by atoms with Gasteiger partial charge < -0.3 is 4.57 Å². The molecule has 5 aromatic rings. The van der Waals surface area contributed by atoms with Crippen LogP contribution in [0.4, 0.5) is 13.2 Å². The Labute approximate surface area is 242 Å². The Hall–Kier alpha value is -4.32. The van der Waals surface area contributed by atoms with E-state index >= 15 is 13.2 Å². The number of nitrogens with zero attached hydrogens (tertiary/aromatic N) is 6. The van der Waals surface area contributed by atoms with Gasteiger partial charge in [-0.1, -0.05) is 28.9 Å². The second-order valence-corrected chi connectivity index (χ2v) is 11.0. The lowest BCUT2D eigenvalue weighted by atomic mass is 9.82. The highest BCUT2D eigenvalue weighted by Crippen LogP contribution is 2.41. The summed E-state index contributed by atoms with van der Waals surface area (Å²) < 4.78 is 53.2. The van der Waals surface area contributed by atoms with E-state index < -0.39 is 28.6 Å². The molecule has 9 nitrogen and oxygen atoms in total. The van der Waals surface area contributed by atoms with Crippen molar-refractivity contribution < 1.29 is 17.7 Å². The number of halogens is 4. The first-order valence-electron chi connectivity index (χ1n) is 13.4. The van der Waals surface area contributed by atoms with E-state index in [0.29, 0.717) is 22.0 Å². The minimum atomic E-state index is -2.71. The van der Waals surface area contributed by atoms with Crippen LogP contribution in [-0.4, -0.2) is 34.6 Å². The zero-order valence-corrected chi connectivity index (χ0v) is 23.2. The van der Waals surface area contributed by atoms with Crippen molar-refractivity contribution in [3.05, 3.63) is 87.9 Å². The molecule has 0 aliphatic heterocycles. The highest BCUT2D eigenvalue weighted by molar-refractivity contribution is 6.30. The highest BCUT2D eigenvalue weighted by atomic mass is 35.5. The summed E-state index contributed by atoms with van der Waals surface area (Å²) in [6.45, 7) is 5.27. The molecule has 4 aromatic heterocycles. The molecule has 1 atom stereocenters. The number of aromatic nitrogens is 7. The van der Waals surface area contributed by atoms with Gasteiger partial charge in [0, 0.05) is 24.5 Å². The Morgan fingerprint density at radius 1 is 1.17 bits per heavy atom. The molecule has 4 heterocycles. The minimum Gasteiger partial charge on any atom is -0.322 e. The summed E-state index contributed by atoms with van der Waals surface area (Å²) in [5.41, 5.74) is -2.43. The lowest BCUT2D eigenvalue weighted by Gasteiger charge is -2.29. The fourth-order valence-electron chi connectivity index (χ4n) is 5.67. The van der Waals surface area contributed by atoms with Gasteiger partial charge in [0.05, 0.1) is 10.6 Å². The van der Waals surface area contributed by atoms with Gasteiger partial charge in [0.1, 0.15) is 22.8 Å². The molecule has 42 heavy (non-hydrogen) atoms. The van der Waals surface area contributed by atoms with Gasteiger partial charge in [0.15, 0.2) is 17.1 Å². The molecule has 0 amide bonds. The second-order valence-electron chi connectivity index (χ2n) is 10.6. The zero-order chi connectivity index (χ0) is 29.6. The first-order valence-corrected chi connectivity index (χ1v) is 13.8. The summed E-state index contributed by atoms with van der Waals surface area (Å²) in [5, 5.41) is 3.99. The molecular weight excluding hydrogens is 571 g/mol. The van der Waals surface area contributed by atoms with Crippen molar-refractivity contribution in [2.45, 2.75) is 44.8 Å². The van der Waals surface area contributed by atoms with Crippen molar-refractivity contribution in [1.29, 1.82) is 0 Å². The molecule has 6 rings (SSSR count). The van der Waals surface area contributed by atoms with Gasteiger partial charge in [-0.15, -0.1) is 6.58 Å². The molecule has 1 aromatic carbocycles. The third kappa shape index (κ3) is 5.00. The van der Waals surface area contributed by atoms with Gasteiger partial charge in [-0.25, -0.2) is 32.9 Å². The van der Waals surface area contributed by atoms with Gasteiger partial charge in [0.2, 0.25) is 11.6 Å². The topological polar surface area (TPSA) is 115 Å². The third-order valence-corrected chi connectivity index (χ3v) is 7.96. The predicted octanol–water partition coefficient (Wildman–Crippen LogP) is 6.39. The van der Waals surface area contributed by atoms with E-state index in [2.05, 4.69) is 41.2 Å². The average Bonchev–Trinajstić information content (AvgIpc) is 3.57. The number of aromatic amines is 1. The molecule has 1 N–H and O–H groups in total. The summed E-state index contributed by atoms with van der Waals surface area (Å²) in [6, 6.07) is 4.79. The van der Waals surface area contributed by atoms with Crippen LogP contribution < -0.4 is 5.76 Å². The summed E-state index contributed by atoms with van der Waals surface area (Å²) in [4.78, 5) is 31.9. The van der Waals surface area contributed by atoms with Crippen LogP contribution in [0.1, 0.15) is 44.0 Å². The number of alkyl halides is 1.